The van der Waals surface area contributed by atoms with Crippen molar-refractivity contribution in [1.82, 2.24) is 14.6 Å². The minimum absolute atomic E-state index is 0.0359. The second-order valence-electron chi connectivity index (χ2n) is 6.24. The summed E-state index contributed by atoms with van der Waals surface area (Å²) < 4.78 is 27.2. The molecule has 5 nitrogen and oxygen atoms in total. The number of sulfonamides is 1. The second-order valence-corrected chi connectivity index (χ2v) is 8.21. The van der Waals surface area contributed by atoms with E-state index in [4.69, 9.17) is 0 Å². The van der Waals surface area contributed by atoms with E-state index in [0.717, 1.165) is 29.6 Å². The van der Waals surface area contributed by atoms with Crippen molar-refractivity contribution in [1.29, 1.82) is 0 Å². The Morgan fingerprint density at radius 3 is 2.64 bits per heavy atom. The van der Waals surface area contributed by atoms with Crippen LogP contribution in [0, 0.1) is 11.8 Å². The van der Waals surface area contributed by atoms with Gasteiger partial charge < -0.3 is 5.32 Å². The molecule has 0 radical (unpaired) electrons. The Morgan fingerprint density at radius 2 is 1.86 bits per heavy atom. The molecular weight excluding hydrogens is 298 g/mol. The summed E-state index contributed by atoms with van der Waals surface area (Å²) in [5, 5.41) is 4.32. The minimum atomic E-state index is -3.28. The van der Waals surface area contributed by atoms with Crippen LogP contribution in [0.4, 0.5) is 0 Å². The molecule has 116 valence electrons. The molecule has 2 aliphatic heterocycles. The minimum Gasteiger partial charge on any atom is -0.316 e. The molecule has 1 N–H and O–H groups in total. The highest BCUT2D eigenvalue weighted by atomic mass is 32.2. The van der Waals surface area contributed by atoms with Crippen LogP contribution < -0.4 is 5.32 Å². The normalized spacial score (nSPS) is 25.6. The average molecular weight is 317 g/mol. The third kappa shape index (κ3) is 2.41. The number of pyridine rings is 1. The van der Waals surface area contributed by atoms with Crippen LogP contribution in [0.5, 0.6) is 0 Å². The molecule has 6 heteroatoms. The van der Waals surface area contributed by atoms with Crippen LogP contribution in [0.25, 0.3) is 10.9 Å². The maximum absolute atomic E-state index is 12.8. The number of nitrogens with one attached hydrogen (secondary N) is 1. The van der Waals surface area contributed by atoms with Crippen molar-refractivity contribution in [2.24, 2.45) is 11.8 Å². The van der Waals surface area contributed by atoms with E-state index in [-0.39, 0.29) is 5.75 Å². The zero-order valence-corrected chi connectivity index (χ0v) is 13.1. The van der Waals surface area contributed by atoms with E-state index in [1.807, 2.05) is 30.3 Å². The number of hydrogen-bond acceptors (Lipinski definition) is 4. The lowest BCUT2D eigenvalue weighted by atomic mass is 10.0. The molecule has 1 aromatic heterocycles. The Morgan fingerprint density at radius 1 is 1.14 bits per heavy atom. The molecule has 2 aliphatic rings. The lowest BCUT2D eigenvalue weighted by Gasteiger charge is -2.18. The number of hydrogen-bond donors (Lipinski definition) is 1. The van der Waals surface area contributed by atoms with Gasteiger partial charge in [-0.05, 0) is 36.6 Å². The molecule has 0 spiro atoms. The number of rotatable bonds is 3. The van der Waals surface area contributed by atoms with Gasteiger partial charge in [0.05, 0.1) is 11.3 Å². The van der Waals surface area contributed by atoms with Crippen molar-refractivity contribution >= 4 is 20.9 Å². The van der Waals surface area contributed by atoms with Gasteiger partial charge in [-0.1, -0.05) is 24.3 Å². The number of fused-ring (bicyclic) bond motifs is 2. The third-order valence-corrected chi connectivity index (χ3v) is 6.56. The van der Waals surface area contributed by atoms with Gasteiger partial charge in [0.1, 0.15) is 0 Å². The summed E-state index contributed by atoms with van der Waals surface area (Å²) in [6, 6.07) is 9.56. The molecule has 0 saturated carbocycles. The summed E-state index contributed by atoms with van der Waals surface area (Å²) in [6.45, 7) is 3.18. The fourth-order valence-corrected chi connectivity index (χ4v) is 5.26. The van der Waals surface area contributed by atoms with E-state index in [9.17, 15) is 8.42 Å². The Kier molecular flexibility index (Phi) is 3.40. The number of benzene rings is 1. The second kappa shape index (κ2) is 5.30. The maximum Gasteiger partial charge on any atom is 0.218 e. The van der Waals surface area contributed by atoms with Crippen LogP contribution in [0.15, 0.2) is 36.5 Å². The van der Waals surface area contributed by atoms with Gasteiger partial charge in [-0.3, -0.25) is 4.98 Å². The van der Waals surface area contributed by atoms with Crippen molar-refractivity contribution in [3.05, 3.63) is 42.1 Å². The van der Waals surface area contributed by atoms with Crippen LogP contribution in [0.1, 0.15) is 5.56 Å². The van der Waals surface area contributed by atoms with Crippen molar-refractivity contribution in [2.45, 2.75) is 5.75 Å². The zero-order chi connectivity index (χ0) is 15.2. The van der Waals surface area contributed by atoms with E-state index in [2.05, 4.69) is 10.3 Å². The van der Waals surface area contributed by atoms with Gasteiger partial charge in [-0.15, -0.1) is 0 Å². The molecule has 2 aromatic rings. The van der Waals surface area contributed by atoms with E-state index in [1.165, 1.54) is 0 Å². The molecule has 0 unspecified atom stereocenters. The first-order valence-electron chi connectivity index (χ1n) is 7.65. The summed E-state index contributed by atoms with van der Waals surface area (Å²) >= 11 is 0. The highest BCUT2D eigenvalue weighted by Gasteiger charge is 2.40. The van der Waals surface area contributed by atoms with Crippen molar-refractivity contribution in [3.8, 4) is 0 Å². The van der Waals surface area contributed by atoms with E-state index < -0.39 is 10.0 Å². The van der Waals surface area contributed by atoms with Gasteiger partial charge in [0.25, 0.3) is 0 Å². The fraction of sp³-hybridized carbons (Fsp3) is 0.438. The van der Waals surface area contributed by atoms with Gasteiger partial charge in [0.2, 0.25) is 10.0 Å². The first-order chi connectivity index (χ1) is 10.6. The highest BCUT2D eigenvalue weighted by Crippen LogP contribution is 2.30. The quantitative estimate of drug-likeness (QED) is 0.924. The van der Waals surface area contributed by atoms with Gasteiger partial charge in [0.15, 0.2) is 0 Å². The predicted molar refractivity (Wildman–Crippen MR) is 85.8 cm³/mol. The molecule has 2 atom stereocenters. The van der Waals surface area contributed by atoms with Gasteiger partial charge in [0, 0.05) is 24.7 Å². The van der Waals surface area contributed by atoms with E-state index in [0.29, 0.717) is 24.9 Å². The van der Waals surface area contributed by atoms with E-state index in [1.54, 1.807) is 10.5 Å². The summed E-state index contributed by atoms with van der Waals surface area (Å²) in [4.78, 5) is 4.36. The largest absolute Gasteiger partial charge is 0.316 e. The Labute approximate surface area is 130 Å². The molecule has 3 heterocycles. The van der Waals surface area contributed by atoms with Crippen LogP contribution in [0.3, 0.4) is 0 Å². The Balaban J connectivity index is 1.62. The topological polar surface area (TPSA) is 62.3 Å². The smallest absolute Gasteiger partial charge is 0.218 e. The van der Waals surface area contributed by atoms with Crippen LogP contribution in [0.2, 0.25) is 0 Å². The van der Waals surface area contributed by atoms with Crippen molar-refractivity contribution < 1.29 is 8.42 Å². The Hall–Kier alpha value is -1.50. The molecule has 0 bridgehead atoms. The molecule has 1 aromatic carbocycles. The number of aromatic nitrogens is 1. The standard InChI is InChI=1S/C16H19N3O2S/c20-22(21,19-9-14-7-17-8-15(14)10-19)11-13-4-1-3-12-5-2-6-18-16(12)13/h1-6,14-15,17H,7-11H2/t14-,15+. The SMILES string of the molecule is O=S(=O)(Cc1cccc2cccnc12)N1C[C@H]2CNC[C@H]2C1. The van der Waals surface area contributed by atoms with E-state index >= 15 is 0 Å². The third-order valence-electron chi connectivity index (χ3n) is 4.80. The van der Waals surface area contributed by atoms with Gasteiger partial charge in [-0.25, -0.2) is 12.7 Å². The highest BCUT2D eigenvalue weighted by molar-refractivity contribution is 7.88. The van der Waals surface area contributed by atoms with Crippen molar-refractivity contribution in [2.75, 3.05) is 26.2 Å². The molecule has 2 fully saturated rings. The summed E-state index contributed by atoms with van der Waals surface area (Å²) in [5.74, 6) is 0.981. The van der Waals surface area contributed by atoms with Crippen LogP contribution in [-0.2, 0) is 15.8 Å². The average Bonchev–Trinajstić information content (AvgIpc) is 3.09. The predicted octanol–water partition coefficient (Wildman–Crippen LogP) is 1.22. The molecule has 2 saturated heterocycles. The lowest BCUT2D eigenvalue weighted by molar-refractivity contribution is 0.447. The number of nitrogens with zero attached hydrogens (tertiary/aromatic N) is 2. The summed E-state index contributed by atoms with van der Waals surface area (Å²) in [7, 11) is -3.28. The van der Waals surface area contributed by atoms with Gasteiger partial charge in [-0.2, -0.15) is 0 Å². The molecule has 0 amide bonds. The summed E-state index contributed by atoms with van der Waals surface area (Å²) in [5.41, 5.74) is 1.57. The maximum atomic E-state index is 12.8. The Bertz CT molecular complexity index is 789. The molecule has 22 heavy (non-hydrogen) atoms. The zero-order valence-electron chi connectivity index (χ0n) is 12.3. The lowest BCUT2D eigenvalue weighted by Crippen LogP contribution is -2.32. The van der Waals surface area contributed by atoms with Crippen molar-refractivity contribution in [3.63, 3.8) is 0 Å². The molecular formula is C16H19N3O2S. The fourth-order valence-electron chi connectivity index (χ4n) is 3.61. The molecule has 0 aliphatic carbocycles. The number of para-hydroxylation sites is 1. The summed E-state index contributed by atoms with van der Waals surface area (Å²) in [6.07, 6.45) is 1.71. The van der Waals surface area contributed by atoms with Crippen LogP contribution >= 0.6 is 0 Å². The first kappa shape index (κ1) is 14.1. The molecule has 4 rings (SSSR count). The van der Waals surface area contributed by atoms with Gasteiger partial charge >= 0.3 is 0 Å². The first-order valence-corrected chi connectivity index (χ1v) is 9.25. The van der Waals surface area contributed by atoms with Crippen LogP contribution in [-0.4, -0.2) is 43.9 Å². The monoisotopic (exact) mass is 317 g/mol.